The van der Waals surface area contributed by atoms with Crippen molar-refractivity contribution in [2.24, 2.45) is 0 Å². The summed E-state index contributed by atoms with van der Waals surface area (Å²) < 4.78 is 24.3. The number of imidazole rings is 2. The zero-order chi connectivity index (χ0) is 28.6. The van der Waals surface area contributed by atoms with Crippen LogP contribution < -0.4 is 10.6 Å². The van der Waals surface area contributed by atoms with Gasteiger partial charge >= 0.3 is 0 Å². The highest BCUT2D eigenvalue weighted by molar-refractivity contribution is 6.30. The molecule has 12 heteroatoms. The van der Waals surface area contributed by atoms with Crippen LogP contribution in [0.25, 0.3) is 11.2 Å². The lowest BCUT2D eigenvalue weighted by Gasteiger charge is -2.34. The van der Waals surface area contributed by atoms with Gasteiger partial charge in [0.2, 0.25) is 5.91 Å². The number of rotatable bonds is 8. The molecule has 2 aliphatic rings. The number of amides is 1. The molecule has 0 spiro atoms. The summed E-state index contributed by atoms with van der Waals surface area (Å²) in [7, 11) is 0. The maximum Gasteiger partial charge on any atom is 0.231 e. The predicted molar refractivity (Wildman–Crippen MR) is 154 cm³/mol. The van der Waals surface area contributed by atoms with E-state index in [-0.39, 0.29) is 25.5 Å². The number of nitrogens with one attached hydrogen (secondary N) is 2. The lowest BCUT2D eigenvalue weighted by atomic mass is 9.93. The second-order valence-corrected chi connectivity index (χ2v) is 10.5. The van der Waals surface area contributed by atoms with Crippen LogP contribution in [0.4, 0.5) is 16.0 Å². The van der Waals surface area contributed by atoms with Crippen molar-refractivity contribution in [1.29, 1.82) is 0 Å². The van der Waals surface area contributed by atoms with E-state index in [9.17, 15) is 4.79 Å². The van der Waals surface area contributed by atoms with E-state index < -0.39 is 5.67 Å². The number of aromatic nitrogens is 6. The van der Waals surface area contributed by atoms with Crippen molar-refractivity contribution in [3.05, 3.63) is 83.0 Å². The number of fused-ring (bicyclic) bond motifs is 2. The molecule has 2 N–H and O–H groups in total. The zero-order valence-electron chi connectivity index (χ0n) is 22.8. The Balaban J connectivity index is 0.00000148. The molecule has 1 saturated heterocycles. The van der Waals surface area contributed by atoms with Crippen molar-refractivity contribution in [2.75, 3.05) is 23.8 Å². The van der Waals surface area contributed by atoms with Gasteiger partial charge in [-0.3, -0.25) is 4.79 Å². The van der Waals surface area contributed by atoms with Gasteiger partial charge in [-0.1, -0.05) is 25.4 Å². The van der Waals surface area contributed by atoms with Crippen LogP contribution >= 0.6 is 11.6 Å². The summed E-state index contributed by atoms with van der Waals surface area (Å²) in [4.78, 5) is 30.1. The van der Waals surface area contributed by atoms with E-state index in [0.29, 0.717) is 46.0 Å². The van der Waals surface area contributed by atoms with Gasteiger partial charge < -0.3 is 24.2 Å². The van der Waals surface area contributed by atoms with Gasteiger partial charge in [-0.25, -0.2) is 24.3 Å². The highest BCUT2D eigenvalue weighted by Gasteiger charge is 2.43. The van der Waals surface area contributed by atoms with Crippen molar-refractivity contribution in [1.82, 2.24) is 28.7 Å². The minimum atomic E-state index is -1.50. The van der Waals surface area contributed by atoms with Crippen molar-refractivity contribution in [3.63, 3.8) is 0 Å². The average Bonchev–Trinajstić information content (AvgIpc) is 3.62. The fourth-order valence-electron chi connectivity index (χ4n) is 4.86. The molecular formula is C29H30ClFN8O2. The highest BCUT2D eigenvalue weighted by Crippen LogP contribution is 2.43. The summed E-state index contributed by atoms with van der Waals surface area (Å²) in [6.45, 7) is 4.47. The van der Waals surface area contributed by atoms with Crippen LogP contribution in [0.5, 0.6) is 0 Å². The Kier molecular flexibility index (Phi) is 7.31. The van der Waals surface area contributed by atoms with Crippen molar-refractivity contribution >= 4 is 40.3 Å². The molecule has 41 heavy (non-hydrogen) atoms. The van der Waals surface area contributed by atoms with E-state index >= 15 is 4.39 Å². The lowest BCUT2D eigenvalue weighted by molar-refractivity contribution is -0.134. The number of carbonyl (C=O) groups is 1. The third kappa shape index (κ3) is 5.59. The molecule has 1 amide bonds. The second-order valence-electron chi connectivity index (χ2n) is 10.1. The summed E-state index contributed by atoms with van der Waals surface area (Å²) in [5, 5.41) is 6.59. The molecule has 5 aromatic heterocycles. The molecule has 6 heterocycles. The molecule has 5 aromatic rings. The molecule has 212 valence electrons. The molecule has 0 unspecified atom stereocenters. The number of nitrogens with zero attached hydrogens (tertiary/aromatic N) is 6. The van der Waals surface area contributed by atoms with Crippen LogP contribution in [0.2, 0.25) is 5.02 Å². The number of hydrogen-bond donors (Lipinski definition) is 2. The van der Waals surface area contributed by atoms with Gasteiger partial charge in [0.15, 0.2) is 5.67 Å². The van der Waals surface area contributed by atoms with Crippen molar-refractivity contribution in [3.8, 4) is 0 Å². The average molecular weight is 577 g/mol. The van der Waals surface area contributed by atoms with Crippen LogP contribution in [-0.2, 0) is 28.2 Å². The van der Waals surface area contributed by atoms with E-state index in [2.05, 4.69) is 25.6 Å². The maximum absolute atomic E-state index is 15.4. The summed E-state index contributed by atoms with van der Waals surface area (Å²) in [5.41, 5.74) is 2.95. The first-order chi connectivity index (χ1) is 19.9. The van der Waals surface area contributed by atoms with Gasteiger partial charge in [-0.2, -0.15) is 0 Å². The van der Waals surface area contributed by atoms with Crippen LogP contribution in [0.15, 0.2) is 55.5 Å². The first-order valence-electron chi connectivity index (χ1n) is 13.7. The number of halogens is 2. The Hall–Kier alpha value is -4.09. The summed E-state index contributed by atoms with van der Waals surface area (Å²) >= 11 is 6.09. The van der Waals surface area contributed by atoms with Crippen LogP contribution in [0.3, 0.4) is 0 Å². The van der Waals surface area contributed by atoms with Gasteiger partial charge in [0.25, 0.3) is 0 Å². The molecule has 1 saturated carbocycles. The van der Waals surface area contributed by atoms with Gasteiger partial charge in [0.05, 0.1) is 49.4 Å². The first kappa shape index (κ1) is 27.1. The minimum absolute atomic E-state index is 0.0529. The van der Waals surface area contributed by atoms with Gasteiger partial charge in [-0.05, 0) is 42.5 Å². The number of alkyl halides is 1. The minimum Gasteiger partial charge on any atom is -0.374 e. The molecule has 1 aliphatic carbocycles. The third-order valence-electron chi connectivity index (χ3n) is 7.11. The Morgan fingerprint density at radius 3 is 2.68 bits per heavy atom. The number of hydrogen-bond acceptors (Lipinski definition) is 7. The monoisotopic (exact) mass is 576 g/mol. The summed E-state index contributed by atoms with van der Waals surface area (Å²) in [6, 6.07) is 7.13. The van der Waals surface area contributed by atoms with Gasteiger partial charge in [0, 0.05) is 35.2 Å². The van der Waals surface area contributed by atoms with E-state index in [1.807, 2.05) is 41.1 Å². The maximum atomic E-state index is 15.4. The molecule has 0 radical (unpaired) electrons. The van der Waals surface area contributed by atoms with Crippen LogP contribution in [0, 0.1) is 0 Å². The normalized spacial score (nSPS) is 15.7. The molecular weight excluding hydrogens is 547 g/mol. The lowest BCUT2D eigenvalue weighted by Crippen LogP contribution is -2.43. The van der Waals surface area contributed by atoms with Gasteiger partial charge in [-0.15, -0.1) is 0 Å². The molecule has 0 atom stereocenters. The number of pyridine rings is 2. The largest absolute Gasteiger partial charge is 0.374 e. The van der Waals surface area contributed by atoms with E-state index in [1.165, 1.54) is 6.33 Å². The van der Waals surface area contributed by atoms with Crippen molar-refractivity contribution < 1.29 is 13.9 Å². The Morgan fingerprint density at radius 1 is 1.12 bits per heavy atom. The predicted octanol–water partition coefficient (Wildman–Crippen LogP) is 5.32. The molecule has 10 nitrogen and oxygen atoms in total. The Bertz CT molecular complexity index is 1730. The fraction of sp³-hybridized carbons (Fsp3) is 0.345. The van der Waals surface area contributed by atoms with E-state index in [1.54, 1.807) is 30.7 Å². The molecule has 0 bridgehead atoms. The quantitative estimate of drug-likeness (QED) is 0.257. The number of carbonyl (C=O) groups excluding carboxylic acids is 1. The topological polar surface area (TPSA) is 111 Å². The fourth-order valence-corrected chi connectivity index (χ4v) is 5.02. The SMILES string of the molecule is CC.O=C(Cc1ncn2ccc(Cl)cc12)Nc1cc(NCc2cn3cc(C4CC4)cc(C4(F)COC4)c3n2)ncn1. The second kappa shape index (κ2) is 11.1. The number of anilines is 2. The Labute approximate surface area is 241 Å². The molecule has 1 aliphatic heterocycles. The standard InChI is InChI=1S/C27H24ClFN8O2.C2H6/c28-18-3-4-36-15-33-21(22(36)6-18)7-25(38)35-24-8-23(31-14-32-24)30-9-19-11-37-10-17(16-1-2-16)5-20(26(37)34-19)27(29)12-39-13-27;1-2/h3-6,8,10-11,14-16H,1-2,7,9,12-13H2,(H2,30,31,32,35,38);1-2H3. The first-order valence-corrected chi connectivity index (χ1v) is 14.1. The van der Waals surface area contributed by atoms with Crippen LogP contribution in [-0.4, -0.2) is 47.9 Å². The molecule has 0 aromatic carbocycles. The summed E-state index contributed by atoms with van der Waals surface area (Å²) in [6.07, 6.45) is 11.1. The van der Waals surface area contributed by atoms with E-state index in [4.69, 9.17) is 21.3 Å². The zero-order valence-corrected chi connectivity index (χ0v) is 23.5. The third-order valence-corrected chi connectivity index (χ3v) is 7.34. The van der Waals surface area contributed by atoms with Crippen LogP contribution in [0.1, 0.15) is 55.1 Å². The number of ether oxygens (including phenoxy) is 1. The molecule has 7 rings (SSSR count). The smallest absolute Gasteiger partial charge is 0.231 e. The molecule has 2 fully saturated rings. The Morgan fingerprint density at radius 2 is 1.93 bits per heavy atom. The van der Waals surface area contributed by atoms with Gasteiger partial charge in [0.1, 0.15) is 23.6 Å². The highest BCUT2D eigenvalue weighted by atomic mass is 35.5. The van der Waals surface area contributed by atoms with Crippen molar-refractivity contribution in [2.45, 2.75) is 51.2 Å². The van der Waals surface area contributed by atoms with E-state index in [0.717, 1.165) is 29.6 Å². The summed E-state index contributed by atoms with van der Waals surface area (Å²) in [5.74, 6) is 1.10.